The van der Waals surface area contributed by atoms with Gasteiger partial charge in [0.15, 0.2) is 0 Å². The van der Waals surface area contributed by atoms with E-state index >= 15 is 0 Å². The molecular formula is C55H45N. The van der Waals surface area contributed by atoms with Crippen molar-refractivity contribution in [3.05, 3.63) is 210 Å². The number of anilines is 3. The van der Waals surface area contributed by atoms with Crippen LogP contribution in [0.4, 0.5) is 17.1 Å². The zero-order valence-electron chi connectivity index (χ0n) is 32.2. The Morgan fingerprint density at radius 1 is 0.375 bits per heavy atom. The third-order valence-corrected chi connectivity index (χ3v) is 12.3. The molecule has 0 heterocycles. The number of hydrogen-bond acceptors (Lipinski definition) is 1. The lowest BCUT2D eigenvalue weighted by Gasteiger charge is -2.32. The van der Waals surface area contributed by atoms with Gasteiger partial charge in [-0.15, -0.1) is 0 Å². The first-order chi connectivity index (χ1) is 27.5. The number of fused-ring (bicyclic) bond motifs is 4. The molecule has 0 aliphatic heterocycles. The van der Waals surface area contributed by atoms with Crippen molar-refractivity contribution < 1.29 is 0 Å². The molecule has 0 fully saturated rings. The predicted octanol–water partition coefficient (Wildman–Crippen LogP) is 15.0. The van der Waals surface area contributed by atoms with E-state index in [4.69, 9.17) is 0 Å². The highest BCUT2D eigenvalue weighted by Gasteiger charge is 2.38. The van der Waals surface area contributed by atoms with Crippen LogP contribution in [-0.2, 0) is 18.3 Å². The minimum Gasteiger partial charge on any atom is -0.309 e. The molecule has 0 spiro atoms. The highest BCUT2D eigenvalue weighted by molar-refractivity contribution is 5.99. The average Bonchev–Trinajstić information content (AvgIpc) is 3.50. The molecule has 0 aromatic heterocycles. The van der Waals surface area contributed by atoms with Crippen molar-refractivity contribution in [1.29, 1.82) is 0 Å². The predicted molar refractivity (Wildman–Crippen MR) is 237 cm³/mol. The standard InChI is InChI=1S/C55H45N/c1-55(2)51-27-15-24-47(40-17-6-3-7-18-40)53(51)50-35-34-46(37-52(50)55)56(45-32-30-39(31-33-45)44-29-28-38-16-12-13-23-43(38)36-44)54-48(41-19-8-4-9-20-41)25-14-26-49(54)42-21-10-5-11-22-42/h3-11,14-15,17-22,24-37H,12-13,16,23H2,1-2H3. The largest absolute Gasteiger partial charge is 0.309 e. The van der Waals surface area contributed by atoms with Crippen LogP contribution in [0.2, 0.25) is 0 Å². The molecule has 0 saturated carbocycles. The Labute approximate surface area is 331 Å². The van der Waals surface area contributed by atoms with Crippen LogP contribution in [0.15, 0.2) is 188 Å². The monoisotopic (exact) mass is 719 g/mol. The maximum atomic E-state index is 2.51. The molecule has 0 saturated heterocycles. The van der Waals surface area contributed by atoms with E-state index in [1.54, 1.807) is 0 Å². The summed E-state index contributed by atoms with van der Waals surface area (Å²) in [6.45, 7) is 4.78. The molecule has 0 radical (unpaired) electrons. The van der Waals surface area contributed by atoms with Gasteiger partial charge in [-0.2, -0.15) is 0 Å². The lowest BCUT2D eigenvalue weighted by atomic mass is 9.81. The summed E-state index contributed by atoms with van der Waals surface area (Å²) >= 11 is 0. The van der Waals surface area contributed by atoms with Crippen molar-refractivity contribution in [3.8, 4) is 55.6 Å². The van der Waals surface area contributed by atoms with Crippen LogP contribution in [0, 0.1) is 0 Å². The quantitative estimate of drug-likeness (QED) is 0.159. The third kappa shape index (κ3) is 5.87. The van der Waals surface area contributed by atoms with E-state index < -0.39 is 0 Å². The van der Waals surface area contributed by atoms with Crippen LogP contribution in [0.3, 0.4) is 0 Å². The highest BCUT2D eigenvalue weighted by Crippen LogP contribution is 2.55. The Morgan fingerprint density at radius 2 is 0.911 bits per heavy atom. The number of para-hydroxylation sites is 1. The van der Waals surface area contributed by atoms with Crippen LogP contribution >= 0.6 is 0 Å². The van der Waals surface area contributed by atoms with Gasteiger partial charge in [0.1, 0.15) is 0 Å². The fraction of sp³-hybridized carbons (Fsp3) is 0.127. The van der Waals surface area contributed by atoms with Gasteiger partial charge in [-0.3, -0.25) is 0 Å². The summed E-state index contributed by atoms with van der Waals surface area (Å²) in [5.41, 5.74) is 21.5. The van der Waals surface area contributed by atoms with Crippen LogP contribution in [0.25, 0.3) is 55.6 Å². The van der Waals surface area contributed by atoms with Crippen molar-refractivity contribution >= 4 is 17.1 Å². The van der Waals surface area contributed by atoms with Crippen molar-refractivity contribution in [2.75, 3.05) is 4.90 Å². The van der Waals surface area contributed by atoms with Gasteiger partial charge in [0.2, 0.25) is 0 Å². The summed E-state index contributed by atoms with van der Waals surface area (Å²) in [7, 11) is 0. The van der Waals surface area contributed by atoms with E-state index in [0.29, 0.717) is 0 Å². The molecule has 2 aliphatic carbocycles. The molecule has 10 rings (SSSR count). The summed E-state index contributed by atoms with van der Waals surface area (Å²) in [5, 5.41) is 0. The van der Waals surface area contributed by atoms with Crippen LogP contribution in [0.1, 0.15) is 48.9 Å². The van der Waals surface area contributed by atoms with E-state index in [-0.39, 0.29) is 5.41 Å². The van der Waals surface area contributed by atoms with Crippen molar-refractivity contribution in [1.82, 2.24) is 0 Å². The maximum Gasteiger partial charge on any atom is 0.0618 e. The minimum atomic E-state index is -0.186. The van der Waals surface area contributed by atoms with Gasteiger partial charge in [-0.05, 0) is 117 Å². The topological polar surface area (TPSA) is 3.24 Å². The molecule has 2 aliphatic rings. The fourth-order valence-corrected chi connectivity index (χ4v) is 9.38. The molecule has 56 heavy (non-hydrogen) atoms. The first-order valence-corrected chi connectivity index (χ1v) is 20.1. The second-order valence-corrected chi connectivity index (χ2v) is 16.0. The summed E-state index contributed by atoms with van der Waals surface area (Å²) in [6, 6.07) is 69.8. The third-order valence-electron chi connectivity index (χ3n) is 12.3. The molecule has 8 aromatic rings. The summed E-state index contributed by atoms with van der Waals surface area (Å²) < 4.78 is 0. The van der Waals surface area contributed by atoms with Crippen LogP contribution in [-0.4, -0.2) is 0 Å². The lowest BCUT2D eigenvalue weighted by Crippen LogP contribution is -2.17. The molecule has 1 heteroatoms. The van der Waals surface area contributed by atoms with E-state index in [1.807, 2.05) is 0 Å². The molecule has 1 nitrogen and oxygen atoms in total. The average molecular weight is 720 g/mol. The van der Waals surface area contributed by atoms with Gasteiger partial charge in [0.05, 0.1) is 5.69 Å². The van der Waals surface area contributed by atoms with Crippen LogP contribution in [0.5, 0.6) is 0 Å². The van der Waals surface area contributed by atoms with E-state index in [0.717, 1.165) is 11.4 Å². The number of aryl methyl sites for hydroxylation is 2. The van der Waals surface area contributed by atoms with E-state index in [1.165, 1.54) is 109 Å². The Kier molecular flexibility index (Phi) is 8.52. The number of benzene rings is 8. The molecule has 0 amide bonds. The molecular weight excluding hydrogens is 675 g/mol. The highest BCUT2D eigenvalue weighted by atomic mass is 15.1. The van der Waals surface area contributed by atoms with E-state index in [2.05, 4.69) is 207 Å². The SMILES string of the molecule is CC1(C)c2cc(N(c3ccc(-c4ccc5c(c4)CCCC5)cc3)c3c(-c4ccccc4)cccc3-c3ccccc3)ccc2-c2c(-c3ccccc3)cccc21. The maximum absolute atomic E-state index is 2.51. The number of hydrogen-bond donors (Lipinski definition) is 0. The van der Waals surface area contributed by atoms with Crippen molar-refractivity contribution in [2.24, 2.45) is 0 Å². The molecule has 0 unspecified atom stereocenters. The Balaban J connectivity index is 1.19. The minimum absolute atomic E-state index is 0.186. The number of rotatable bonds is 7. The second kappa shape index (κ2) is 14.0. The zero-order valence-corrected chi connectivity index (χ0v) is 32.2. The zero-order chi connectivity index (χ0) is 37.6. The van der Waals surface area contributed by atoms with E-state index in [9.17, 15) is 0 Å². The van der Waals surface area contributed by atoms with Gasteiger partial charge < -0.3 is 4.90 Å². The Bertz CT molecular complexity index is 2630. The molecule has 8 aromatic carbocycles. The van der Waals surface area contributed by atoms with Gasteiger partial charge in [-0.25, -0.2) is 0 Å². The first-order valence-electron chi connectivity index (χ1n) is 20.1. The Hall–Kier alpha value is -6.44. The Morgan fingerprint density at radius 3 is 1.55 bits per heavy atom. The van der Waals surface area contributed by atoms with Crippen molar-refractivity contribution in [2.45, 2.75) is 44.9 Å². The number of nitrogens with zero attached hydrogens (tertiary/aromatic N) is 1. The smallest absolute Gasteiger partial charge is 0.0618 e. The molecule has 0 N–H and O–H groups in total. The molecule has 0 atom stereocenters. The van der Waals surface area contributed by atoms with Gasteiger partial charge in [0, 0.05) is 27.9 Å². The van der Waals surface area contributed by atoms with Crippen LogP contribution < -0.4 is 4.90 Å². The normalized spacial score (nSPS) is 13.8. The van der Waals surface area contributed by atoms with Gasteiger partial charge in [0.25, 0.3) is 0 Å². The van der Waals surface area contributed by atoms with Gasteiger partial charge >= 0.3 is 0 Å². The molecule has 0 bridgehead atoms. The summed E-state index contributed by atoms with van der Waals surface area (Å²) in [4.78, 5) is 2.51. The summed E-state index contributed by atoms with van der Waals surface area (Å²) in [5.74, 6) is 0. The summed E-state index contributed by atoms with van der Waals surface area (Å²) in [6.07, 6.45) is 4.96. The molecule has 270 valence electrons. The fourth-order valence-electron chi connectivity index (χ4n) is 9.38. The van der Waals surface area contributed by atoms with Gasteiger partial charge in [-0.1, -0.05) is 178 Å². The lowest BCUT2D eigenvalue weighted by molar-refractivity contribution is 0.660. The first kappa shape index (κ1) is 34.1. The second-order valence-electron chi connectivity index (χ2n) is 16.0. The van der Waals surface area contributed by atoms with Crippen molar-refractivity contribution in [3.63, 3.8) is 0 Å².